The van der Waals surface area contributed by atoms with Gasteiger partial charge in [-0.05, 0) is 0 Å². The Morgan fingerprint density at radius 1 is 1.38 bits per heavy atom. The van der Waals surface area contributed by atoms with Crippen molar-refractivity contribution >= 4 is 10.8 Å². The van der Waals surface area contributed by atoms with Crippen molar-refractivity contribution in [2.45, 2.75) is 13.2 Å². The van der Waals surface area contributed by atoms with Gasteiger partial charge < -0.3 is 14.8 Å². The van der Waals surface area contributed by atoms with Crippen molar-refractivity contribution in [1.29, 1.82) is 0 Å². The molecule has 0 saturated carbocycles. The highest BCUT2D eigenvalue weighted by molar-refractivity contribution is 7.84. The summed E-state index contributed by atoms with van der Waals surface area (Å²) in [5.74, 6) is 1.41. The summed E-state index contributed by atoms with van der Waals surface area (Å²) in [5.41, 5.74) is 0. The second kappa shape index (κ2) is 8.62. The first-order valence-electron chi connectivity index (χ1n) is 4.35. The zero-order valence-electron chi connectivity index (χ0n) is 8.54. The molecule has 0 heterocycles. The van der Waals surface area contributed by atoms with Crippen LogP contribution in [0.15, 0.2) is 0 Å². The van der Waals surface area contributed by atoms with Crippen LogP contribution in [0.25, 0.3) is 0 Å². The zero-order chi connectivity index (χ0) is 10.1. The molecule has 0 saturated heterocycles. The van der Waals surface area contributed by atoms with E-state index in [1.807, 2.05) is 6.92 Å². The second-order valence-electron chi connectivity index (χ2n) is 2.54. The molecule has 0 fully saturated rings. The van der Waals surface area contributed by atoms with Crippen LogP contribution in [-0.2, 0) is 20.3 Å². The molecule has 80 valence electrons. The Kier molecular flexibility index (Phi) is 8.64. The summed E-state index contributed by atoms with van der Waals surface area (Å²) in [7, 11) is 2.50. The molecule has 0 radical (unpaired) electrons. The summed E-state index contributed by atoms with van der Waals surface area (Å²) in [4.78, 5) is 0. The molecule has 0 aromatic heterocycles. The fourth-order valence-corrected chi connectivity index (χ4v) is 1.47. The fourth-order valence-electron chi connectivity index (χ4n) is 0.813. The standard InChI is InChI=1S/C8H19NO3S/c1-4-13(10)6-5-9-7-8(11-2)12-3/h8-9H,4-7H2,1-3H3. The molecule has 0 amide bonds. The van der Waals surface area contributed by atoms with Gasteiger partial charge >= 0.3 is 0 Å². The molecule has 13 heavy (non-hydrogen) atoms. The third-order valence-electron chi connectivity index (χ3n) is 1.67. The summed E-state index contributed by atoms with van der Waals surface area (Å²) >= 11 is 0. The maximum absolute atomic E-state index is 11.0. The molecule has 4 nitrogen and oxygen atoms in total. The highest BCUT2D eigenvalue weighted by Gasteiger charge is 2.03. The van der Waals surface area contributed by atoms with Crippen LogP contribution in [0.1, 0.15) is 6.92 Å². The van der Waals surface area contributed by atoms with Gasteiger partial charge in [0, 0.05) is 49.6 Å². The van der Waals surface area contributed by atoms with Crippen molar-refractivity contribution in [3.63, 3.8) is 0 Å². The van der Waals surface area contributed by atoms with Crippen molar-refractivity contribution in [3.05, 3.63) is 0 Å². The molecule has 0 rings (SSSR count). The van der Waals surface area contributed by atoms with Gasteiger partial charge in [0.25, 0.3) is 0 Å². The summed E-state index contributed by atoms with van der Waals surface area (Å²) in [5, 5.41) is 3.11. The van der Waals surface area contributed by atoms with Crippen LogP contribution in [0.4, 0.5) is 0 Å². The number of ether oxygens (including phenoxy) is 2. The first-order valence-corrected chi connectivity index (χ1v) is 5.84. The van der Waals surface area contributed by atoms with Crippen LogP contribution < -0.4 is 5.32 Å². The van der Waals surface area contributed by atoms with E-state index >= 15 is 0 Å². The van der Waals surface area contributed by atoms with Gasteiger partial charge in [-0.15, -0.1) is 0 Å². The van der Waals surface area contributed by atoms with Gasteiger partial charge in [0.15, 0.2) is 6.29 Å². The van der Waals surface area contributed by atoms with E-state index in [4.69, 9.17) is 9.47 Å². The van der Waals surface area contributed by atoms with E-state index in [-0.39, 0.29) is 6.29 Å². The average molecular weight is 209 g/mol. The Balaban J connectivity index is 3.28. The van der Waals surface area contributed by atoms with E-state index in [1.165, 1.54) is 0 Å². The molecule has 0 spiro atoms. The number of hydrogen-bond donors (Lipinski definition) is 1. The number of methoxy groups -OCH3 is 2. The summed E-state index contributed by atoms with van der Waals surface area (Å²) < 4.78 is 20.9. The maximum atomic E-state index is 11.0. The van der Waals surface area contributed by atoms with Gasteiger partial charge in [-0.25, -0.2) is 0 Å². The third kappa shape index (κ3) is 7.13. The molecule has 1 atom stereocenters. The van der Waals surface area contributed by atoms with Crippen molar-refractivity contribution in [3.8, 4) is 0 Å². The average Bonchev–Trinajstić information content (AvgIpc) is 2.18. The lowest BCUT2D eigenvalue weighted by Crippen LogP contribution is -2.32. The lowest BCUT2D eigenvalue weighted by atomic mass is 10.6. The Hall–Kier alpha value is 0.0300. The Morgan fingerprint density at radius 3 is 2.46 bits per heavy atom. The maximum Gasteiger partial charge on any atom is 0.169 e. The molecule has 0 aliphatic carbocycles. The molecule has 0 aliphatic heterocycles. The molecular formula is C8H19NO3S. The summed E-state index contributed by atoms with van der Waals surface area (Å²) in [6, 6.07) is 0. The quantitative estimate of drug-likeness (QED) is 0.450. The predicted octanol–water partition coefficient (Wildman–Crippen LogP) is -0.0365. The SMILES string of the molecule is CCS(=O)CCNCC(OC)OC. The van der Waals surface area contributed by atoms with Gasteiger partial charge in [-0.2, -0.15) is 0 Å². The lowest BCUT2D eigenvalue weighted by Gasteiger charge is -2.13. The Labute approximate surface area is 82.4 Å². The normalized spacial score (nSPS) is 13.5. The minimum Gasteiger partial charge on any atom is -0.355 e. The van der Waals surface area contributed by atoms with Gasteiger partial charge in [0.1, 0.15) is 0 Å². The minimum absolute atomic E-state index is 0.213. The zero-order valence-corrected chi connectivity index (χ0v) is 9.36. The van der Waals surface area contributed by atoms with Crippen LogP contribution in [0.3, 0.4) is 0 Å². The molecule has 0 aromatic carbocycles. The molecule has 1 N–H and O–H groups in total. The van der Waals surface area contributed by atoms with Crippen molar-refractivity contribution < 1.29 is 13.7 Å². The van der Waals surface area contributed by atoms with Gasteiger partial charge in [0.2, 0.25) is 0 Å². The van der Waals surface area contributed by atoms with Crippen LogP contribution >= 0.6 is 0 Å². The topological polar surface area (TPSA) is 47.6 Å². The van der Waals surface area contributed by atoms with Crippen molar-refractivity contribution in [2.24, 2.45) is 0 Å². The molecule has 0 bridgehead atoms. The molecule has 1 unspecified atom stereocenters. The van der Waals surface area contributed by atoms with E-state index in [0.29, 0.717) is 12.3 Å². The van der Waals surface area contributed by atoms with Crippen molar-refractivity contribution in [2.75, 3.05) is 38.8 Å². The minimum atomic E-state index is -0.690. The van der Waals surface area contributed by atoms with E-state index in [9.17, 15) is 4.21 Å². The van der Waals surface area contributed by atoms with Crippen LogP contribution in [0.5, 0.6) is 0 Å². The number of rotatable bonds is 8. The van der Waals surface area contributed by atoms with E-state index in [2.05, 4.69) is 5.32 Å². The molecule has 0 aromatic rings. The molecule has 5 heteroatoms. The fraction of sp³-hybridized carbons (Fsp3) is 1.00. The lowest BCUT2D eigenvalue weighted by molar-refractivity contribution is -0.0984. The Morgan fingerprint density at radius 2 is 2.00 bits per heavy atom. The second-order valence-corrected chi connectivity index (χ2v) is 4.40. The number of hydrogen-bond acceptors (Lipinski definition) is 4. The van der Waals surface area contributed by atoms with E-state index < -0.39 is 10.8 Å². The van der Waals surface area contributed by atoms with Crippen LogP contribution in [0.2, 0.25) is 0 Å². The summed E-state index contributed by atoms with van der Waals surface area (Å²) in [6.45, 7) is 3.29. The third-order valence-corrected chi connectivity index (χ3v) is 2.97. The smallest absolute Gasteiger partial charge is 0.169 e. The van der Waals surface area contributed by atoms with E-state index in [1.54, 1.807) is 14.2 Å². The molecule has 0 aliphatic rings. The van der Waals surface area contributed by atoms with Gasteiger partial charge in [-0.1, -0.05) is 6.92 Å². The Bertz CT molecular complexity index is 139. The first-order chi connectivity index (χ1) is 6.24. The monoisotopic (exact) mass is 209 g/mol. The number of nitrogens with one attached hydrogen (secondary N) is 1. The largest absolute Gasteiger partial charge is 0.355 e. The first kappa shape index (κ1) is 13.0. The molecular weight excluding hydrogens is 190 g/mol. The van der Waals surface area contributed by atoms with Crippen LogP contribution in [0, 0.1) is 0 Å². The predicted molar refractivity (Wildman–Crippen MR) is 54.2 cm³/mol. The van der Waals surface area contributed by atoms with E-state index in [0.717, 1.165) is 12.3 Å². The highest BCUT2D eigenvalue weighted by Crippen LogP contribution is 1.87. The van der Waals surface area contributed by atoms with Gasteiger partial charge in [0.05, 0.1) is 0 Å². The summed E-state index contributed by atoms with van der Waals surface area (Å²) in [6.07, 6.45) is -0.213. The van der Waals surface area contributed by atoms with Gasteiger partial charge in [-0.3, -0.25) is 4.21 Å². The van der Waals surface area contributed by atoms with Crippen LogP contribution in [-0.4, -0.2) is 49.3 Å². The van der Waals surface area contributed by atoms with Crippen molar-refractivity contribution in [1.82, 2.24) is 5.32 Å². The highest BCUT2D eigenvalue weighted by atomic mass is 32.2.